The van der Waals surface area contributed by atoms with E-state index in [9.17, 15) is 13.2 Å². The maximum absolute atomic E-state index is 13.2. The number of benzene rings is 3. The number of carbonyl (C=O) groups excluding carboxylic acids is 1. The van der Waals surface area contributed by atoms with Crippen molar-refractivity contribution in [2.24, 2.45) is 0 Å². The number of hydrogen-bond donors (Lipinski definition) is 1. The van der Waals surface area contributed by atoms with Crippen LogP contribution < -0.4 is 5.32 Å². The van der Waals surface area contributed by atoms with Crippen molar-refractivity contribution in [1.29, 1.82) is 0 Å². The lowest BCUT2D eigenvalue weighted by Crippen LogP contribution is -2.48. The van der Waals surface area contributed by atoms with E-state index in [4.69, 9.17) is 4.74 Å². The Morgan fingerprint density at radius 1 is 0.882 bits per heavy atom. The average molecular weight is 479 g/mol. The second-order valence-electron chi connectivity index (χ2n) is 8.49. The van der Waals surface area contributed by atoms with E-state index in [0.29, 0.717) is 24.3 Å². The van der Waals surface area contributed by atoms with Crippen LogP contribution >= 0.6 is 0 Å². The van der Waals surface area contributed by atoms with Crippen LogP contribution in [-0.2, 0) is 33.3 Å². The van der Waals surface area contributed by atoms with Gasteiger partial charge in [-0.15, -0.1) is 0 Å². The summed E-state index contributed by atoms with van der Waals surface area (Å²) >= 11 is 0. The van der Waals surface area contributed by atoms with E-state index in [0.717, 1.165) is 23.1 Å². The Morgan fingerprint density at radius 3 is 2.06 bits per heavy atom. The number of piperidine rings is 1. The van der Waals surface area contributed by atoms with Crippen LogP contribution in [0.2, 0.25) is 0 Å². The van der Waals surface area contributed by atoms with Gasteiger partial charge in [-0.25, -0.2) is 13.2 Å². The predicted octanol–water partition coefficient (Wildman–Crippen LogP) is 4.86. The highest BCUT2D eigenvalue weighted by molar-refractivity contribution is 7.89. The molecule has 1 aliphatic heterocycles. The highest BCUT2D eigenvalue weighted by atomic mass is 32.2. The average Bonchev–Trinajstić information content (AvgIpc) is 2.89. The fraction of sp³-hybridized carbons (Fsp3) is 0.296. The fourth-order valence-electron chi connectivity index (χ4n) is 4.31. The lowest BCUT2D eigenvalue weighted by Gasteiger charge is -2.41. The summed E-state index contributed by atoms with van der Waals surface area (Å²) in [6.07, 6.45) is 1.09. The molecule has 1 saturated heterocycles. The summed E-state index contributed by atoms with van der Waals surface area (Å²) in [6, 6.07) is 26.2. The zero-order valence-electron chi connectivity index (χ0n) is 19.3. The first-order chi connectivity index (χ1) is 16.4. The van der Waals surface area contributed by atoms with Crippen LogP contribution in [0.1, 0.15) is 36.5 Å². The number of rotatable bonds is 7. The maximum Gasteiger partial charge on any atom is 0.408 e. The van der Waals surface area contributed by atoms with Gasteiger partial charge in [-0.1, -0.05) is 79.7 Å². The van der Waals surface area contributed by atoms with Crippen LogP contribution in [-0.4, -0.2) is 31.9 Å². The van der Waals surface area contributed by atoms with Gasteiger partial charge >= 0.3 is 6.09 Å². The summed E-state index contributed by atoms with van der Waals surface area (Å²) in [6.45, 7) is 2.92. The zero-order chi connectivity index (χ0) is 24.0. The smallest absolute Gasteiger partial charge is 0.408 e. The topological polar surface area (TPSA) is 75.7 Å². The summed E-state index contributed by atoms with van der Waals surface area (Å²) in [5.41, 5.74) is 2.05. The van der Waals surface area contributed by atoms with Crippen molar-refractivity contribution in [1.82, 2.24) is 9.62 Å². The van der Waals surface area contributed by atoms with Gasteiger partial charge in [0.2, 0.25) is 10.0 Å². The van der Waals surface area contributed by atoms with Crippen LogP contribution in [0.25, 0.3) is 0 Å². The number of carbonyl (C=O) groups is 1. The lowest BCUT2D eigenvalue weighted by molar-refractivity contribution is -0.0279. The third-order valence-corrected chi connectivity index (χ3v) is 8.28. The van der Waals surface area contributed by atoms with E-state index >= 15 is 0 Å². The first-order valence-corrected chi connectivity index (χ1v) is 13.0. The van der Waals surface area contributed by atoms with E-state index in [2.05, 4.69) is 5.32 Å². The Balaban J connectivity index is 1.49. The Bertz CT molecular complexity index is 1190. The monoisotopic (exact) mass is 478 g/mol. The van der Waals surface area contributed by atoms with Gasteiger partial charge in [-0.3, -0.25) is 0 Å². The van der Waals surface area contributed by atoms with E-state index in [1.54, 1.807) is 12.1 Å². The molecule has 1 amide bonds. The minimum atomic E-state index is -3.62. The summed E-state index contributed by atoms with van der Waals surface area (Å²) < 4.78 is 33.9. The summed E-state index contributed by atoms with van der Waals surface area (Å²) in [5, 5.41) is 2.83. The number of nitrogens with zero attached hydrogens (tertiary/aromatic N) is 1. The third kappa shape index (κ3) is 5.32. The number of hydrogen-bond acceptors (Lipinski definition) is 4. The van der Waals surface area contributed by atoms with Crippen molar-refractivity contribution >= 4 is 16.1 Å². The summed E-state index contributed by atoms with van der Waals surface area (Å²) in [4.78, 5) is 13.0. The molecule has 178 valence electrons. The quantitative estimate of drug-likeness (QED) is 0.526. The predicted molar refractivity (Wildman–Crippen MR) is 132 cm³/mol. The van der Waals surface area contributed by atoms with Crippen LogP contribution in [0.15, 0.2) is 89.8 Å². The molecule has 0 bridgehead atoms. The molecule has 6 nitrogen and oxygen atoms in total. The van der Waals surface area contributed by atoms with Gasteiger partial charge < -0.3 is 10.1 Å². The molecule has 0 aliphatic carbocycles. The maximum atomic E-state index is 13.2. The third-order valence-electron chi connectivity index (χ3n) is 6.37. The Labute approximate surface area is 201 Å². The molecule has 1 N–H and O–H groups in total. The summed E-state index contributed by atoms with van der Waals surface area (Å²) in [7, 11) is -3.62. The van der Waals surface area contributed by atoms with Crippen LogP contribution in [0.3, 0.4) is 0 Å². The second kappa shape index (κ2) is 10.4. The molecule has 0 unspecified atom stereocenters. The van der Waals surface area contributed by atoms with Crippen molar-refractivity contribution in [3.05, 3.63) is 102 Å². The lowest BCUT2D eigenvalue weighted by atomic mass is 9.85. The molecule has 34 heavy (non-hydrogen) atoms. The molecule has 0 saturated carbocycles. The fourth-order valence-corrected chi connectivity index (χ4v) is 5.75. The minimum Gasteiger partial charge on any atom is -0.438 e. The first kappa shape index (κ1) is 24.0. The number of sulfonamides is 1. The van der Waals surface area contributed by atoms with Crippen LogP contribution in [0.4, 0.5) is 4.79 Å². The molecule has 1 heterocycles. The van der Waals surface area contributed by atoms with E-state index in [1.165, 1.54) is 4.31 Å². The molecule has 0 radical (unpaired) electrons. The van der Waals surface area contributed by atoms with E-state index in [1.807, 2.05) is 79.7 Å². The van der Waals surface area contributed by atoms with Crippen molar-refractivity contribution in [2.45, 2.75) is 43.2 Å². The zero-order valence-corrected chi connectivity index (χ0v) is 20.1. The molecule has 7 heteroatoms. The van der Waals surface area contributed by atoms with Crippen molar-refractivity contribution < 1.29 is 17.9 Å². The Morgan fingerprint density at radius 2 is 1.47 bits per heavy atom. The van der Waals surface area contributed by atoms with Crippen LogP contribution in [0, 0.1) is 0 Å². The van der Waals surface area contributed by atoms with Crippen LogP contribution in [0.5, 0.6) is 0 Å². The molecule has 3 aromatic carbocycles. The van der Waals surface area contributed by atoms with Crippen molar-refractivity contribution in [3.63, 3.8) is 0 Å². The molecule has 0 spiro atoms. The van der Waals surface area contributed by atoms with Gasteiger partial charge in [0.25, 0.3) is 0 Å². The van der Waals surface area contributed by atoms with Crippen molar-refractivity contribution in [2.75, 3.05) is 13.1 Å². The van der Waals surface area contributed by atoms with Gasteiger partial charge in [0, 0.05) is 32.5 Å². The molecule has 1 aliphatic rings. The van der Waals surface area contributed by atoms with Crippen molar-refractivity contribution in [3.8, 4) is 0 Å². The van der Waals surface area contributed by atoms with Gasteiger partial charge in [0.05, 0.1) is 4.90 Å². The Kier molecular flexibility index (Phi) is 7.34. The van der Waals surface area contributed by atoms with Gasteiger partial charge in [0.1, 0.15) is 5.60 Å². The standard InChI is InChI=1S/C27H30N2O4S/c1-2-22-13-15-25(16-14-22)34(31,32)29-19-17-27(18-20-29,24-11-7-4-8-12-24)33-26(30)28-21-23-9-5-3-6-10-23/h3-16H,2,17-21H2,1H3,(H,28,30). The molecule has 1 fully saturated rings. The number of amides is 1. The Hall–Kier alpha value is -3.16. The van der Waals surface area contributed by atoms with E-state index < -0.39 is 21.7 Å². The van der Waals surface area contributed by atoms with Gasteiger partial charge in [-0.05, 0) is 35.2 Å². The normalized spacial score (nSPS) is 16.0. The van der Waals surface area contributed by atoms with Gasteiger partial charge in [-0.2, -0.15) is 4.31 Å². The number of aryl methyl sites for hydroxylation is 1. The summed E-state index contributed by atoms with van der Waals surface area (Å²) in [5.74, 6) is 0. The molecule has 3 aromatic rings. The number of alkyl carbamates (subject to hydrolysis) is 1. The molecular weight excluding hydrogens is 448 g/mol. The molecule has 4 rings (SSSR count). The van der Waals surface area contributed by atoms with Gasteiger partial charge in [0.15, 0.2) is 0 Å². The first-order valence-electron chi connectivity index (χ1n) is 11.6. The highest BCUT2D eigenvalue weighted by Crippen LogP contribution is 2.38. The number of ether oxygens (including phenoxy) is 1. The number of nitrogens with one attached hydrogen (secondary N) is 1. The SMILES string of the molecule is CCc1ccc(S(=O)(=O)N2CCC(OC(=O)NCc3ccccc3)(c3ccccc3)CC2)cc1. The highest BCUT2D eigenvalue weighted by Gasteiger charge is 2.42. The second-order valence-corrected chi connectivity index (χ2v) is 10.4. The molecule has 0 atom stereocenters. The minimum absolute atomic E-state index is 0.263. The van der Waals surface area contributed by atoms with E-state index in [-0.39, 0.29) is 13.1 Å². The largest absolute Gasteiger partial charge is 0.438 e. The molecule has 0 aromatic heterocycles. The molecular formula is C27H30N2O4S.